The quantitative estimate of drug-likeness (QED) is 0.775. The van der Waals surface area contributed by atoms with Gasteiger partial charge in [0, 0.05) is 63.5 Å². The number of anilines is 2. The predicted molar refractivity (Wildman–Crippen MR) is 124 cm³/mol. The van der Waals surface area contributed by atoms with Gasteiger partial charge in [-0.3, -0.25) is 0 Å². The Morgan fingerprint density at radius 2 is 1.10 bits per heavy atom. The smallest absolute Gasteiger partial charge is 0.0732 e. The summed E-state index contributed by atoms with van der Waals surface area (Å²) in [7, 11) is 8.23. The molecule has 1 fully saturated rings. The first-order chi connectivity index (χ1) is 13.7. The van der Waals surface area contributed by atoms with Crippen LogP contribution in [0.25, 0.3) is 0 Å². The Balaban J connectivity index is 1.97. The molecule has 1 aliphatic rings. The van der Waals surface area contributed by atoms with Crippen molar-refractivity contribution in [3.8, 4) is 0 Å². The molecule has 2 aromatic carbocycles. The van der Waals surface area contributed by atoms with Crippen LogP contribution in [0.4, 0.5) is 11.4 Å². The number of rotatable bonds is 5. The van der Waals surface area contributed by atoms with Crippen LogP contribution in [-0.4, -0.2) is 38.9 Å². The van der Waals surface area contributed by atoms with E-state index in [9.17, 15) is 5.11 Å². The minimum Gasteiger partial charge on any atom is -0.389 e. The summed E-state index contributed by atoms with van der Waals surface area (Å²) in [5.41, 5.74) is 4.12. The molecule has 158 valence electrons. The third kappa shape index (κ3) is 4.01. The van der Waals surface area contributed by atoms with E-state index in [-0.39, 0.29) is 23.9 Å². The fourth-order valence-corrected chi connectivity index (χ4v) is 4.85. The van der Waals surface area contributed by atoms with Crippen LogP contribution in [-0.2, 0) is 0 Å². The number of hydrogen-bond acceptors (Lipinski definition) is 4. The number of nitrogens with one attached hydrogen (secondary N) is 1. The van der Waals surface area contributed by atoms with Crippen molar-refractivity contribution in [2.24, 2.45) is 11.8 Å². The summed E-state index contributed by atoms with van der Waals surface area (Å²) >= 11 is 0. The van der Waals surface area contributed by atoms with Crippen LogP contribution < -0.4 is 15.1 Å². The third-order valence-corrected chi connectivity index (χ3v) is 7.04. The SMILES string of the molecule is CCC1(O)[C@@H](C)[C@H](c2ccc(N(C)C)cc2)N[C@@H](c2ccc(N(C)C)cc2)[C@@H]1C. The van der Waals surface area contributed by atoms with Gasteiger partial charge in [0.2, 0.25) is 0 Å². The minimum atomic E-state index is -0.721. The number of piperidine rings is 1. The van der Waals surface area contributed by atoms with Gasteiger partial charge in [0.05, 0.1) is 5.60 Å². The van der Waals surface area contributed by atoms with Crippen molar-refractivity contribution in [3.63, 3.8) is 0 Å². The molecule has 2 N–H and O–H groups in total. The van der Waals surface area contributed by atoms with Gasteiger partial charge in [-0.05, 0) is 41.8 Å². The highest BCUT2D eigenvalue weighted by molar-refractivity contribution is 5.48. The van der Waals surface area contributed by atoms with Crippen molar-refractivity contribution in [1.82, 2.24) is 5.32 Å². The van der Waals surface area contributed by atoms with E-state index in [1.54, 1.807) is 0 Å². The topological polar surface area (TPSA) is 38.7 Å². The summed E-state index contributed by atoms with van der Waals surface area (Å²) in [5, 5.41) is 15.6. The molecule has 0 saturated carbocycles. The molecule has 2 aromatic rings. The van der Waals surface area contributed by atoms with E-state index in [1.165, 1.54) is 22.5 Å². The van der Waals surface area contributed by atoms with Crippen LogP contribution in [0, 0.1) is 11.8 Å². The highest BCUT2D eigenvalue weighted by atomic mass is 16.3. The lowest BCUT2D eigenvalue weighted by atomic mass is 9.65. The summed E-state index contributed by atoms with van der Waals surface area (Å²) in [6.07, 6.45) is 0.746. The van der Waals surface area contributed by atoms with Crippen molar-refractivity contribution in [3.05, 3.63) is 59.7 Å². The first-order valence-corrected chi connectivity index (χ1v) is 10.7. The van der Waals surface area contributed by atoms with Gasteiger partial charge in [0.1, 0.15) is 0 Å². The van der Waals surface area contributed by atoms with Crippen LogP contribution in [0.15, 0.2) is 48.5 Å². The van der Waals surface area contributed by atoms with E-state index in [1.807, 2.05) is 0 Å². The molecule has 0 bridgehead atoms. The van der Waals surface area contributed by atoms with Gasteiger partial charge >= 0.3 is 0 Å². The van der Waals surface area contributed by atoms with Crippen LogP contribution >= 0.6 is 0 Å². The minimum absolute atomic E-state index is 0.103. The molecule has 4 atom stereocenters. The molecule has 4 heteroatoms. The van der Waals surface area contributed by atoms with Crippen LogP contribution in [0.3, 0.4) is 0 Å². The zero-order chi connectivity index (χ0) is 21.3. The van der Waals surface area contributed by atoms with Crippen molar-refractivity contribution in [2.45, 2.75) is 44.9 Å². The normalized spacial score (nSPS) is 29.5. The van der Waals surface area contributed by atoms with Gasteiger partial charge in [-0.2, -0.15) is 0 Å². The molecule has 0 aromatic heterocycles. The van der Waals surface area contributed by atoms with Gasteiger partial charge < -0.3 is 20.2 Å². The Kier molecular flexibility index (Phi) is 6.25. The zero-order valence-corrected chi connectivity index (χ0v) is 19.0. The third-order valence-electron chi connectivity index (χ3n) is 7.04. The Morgan fingerprint density at radius 3 is 1.38 bits per heavy atom. The molecule has 0 amide bonds. The largest absolute Gasteiger partial charge is 0.389 e. The molecule has 1 heterocycles. The lowest BCUT2D eigenvalue weighted by Crippen LogP contribution is -2.57. The Hall–Kier alpha value is -2.04. The molecule has 0 unspecified atom stereocenters. The van der Waals surface area contributed by atoms with Crippen LogP contribution in [0.5, 0.6) is 0 Å². The number of nitrogens with zero attached hydrogens (tertiary/aromatic N) is 2. The van der Waals surface area contributed by atoms with Crippen molar-refractivity contribution >= 4 is 11.4 Å². The molecule has 0 aliphatic carbocycles. The number of hydrogen-bond donors (Lipinski definition) is 2. The highest BCUT2D eigenvalue weighted by Crippen LogP contribution is 2.48. The molecule has 4 nitrogen and oxygen atoms in total. The molecule has 1 aliphatic heterocycles. The maximum absolute atomic E-state index is 11.7. The van der Waals surface area contributed by atoms with Crippen molar-refractivity contribution < 1.29 is 5.11 Å². The second-order valence-corrected chi connectivity index (χ2v) is 9.02. The van der Waals surface area contributed by atoms with Gasteiger partial charge in [0.15, 0.2) is 0 Å². The molecular formula is C25H37N3O. The molecule has 0 spiro atoms. The summed E-state index contributed by atoms with van der Waals surface area (Å²) in [6.45, 7) is 6.47. The molecular weight excluding hydrogens is 358 g/mol. The second kappa shape index (κ2) is 8.37. The lowest BCUT2D eigenvalue weighted by Gasteiger charge is -2.52. The van der Waals surface area contributed by atoms with E-state index in [4.69, 9.17) is 0 Å². The van der Waals surface area contributed by atoms with Crippen LogP contribution in [0.1, 0.15) is 50.4 Å². The van der Waals surface area contributed by atoms with Crippen molar-refractivity contribution in [2.75, 3.05) is 38.0 Å². The molecule has 29 heavy (non-hydrogen) atoms. The van der Waals surface area contributed by atoms with Gasteiger partial charge in [0.25, 0.3) is 0 Å². The van der Waals surface area contributed by atoms with Crippen LogP contribution in [0.2, 0.25) is 0 Å². The Bertz CT molecular complexity index is 734. The fourth-order valence-electron chi connectivity index (χ4n) is 4.85. The van der Waals surface area contributed by atoms with E-state index < -0.39 is 5.60 Å². The van der Waals surface area contributed by atoms with Gasteiger partial charge in [-0.1, -0.05) is 45.0 Å². The average Bonchev–Trinajstić information content (AvgIpc) is 2.72. The standard InChI is InChI=1S/C25H37N3O/c1-8-25(29)17(2)23(19-9-13-21(14-10-19)27(4)5)26-24(18(25)3)20-11-15-22(16-12-20)28(6)7/h9-18,23-24,26,29H,8H2,1-7H3/t17-,18-,23+,24+/m0/s1. The highest BCUT2D eigenvalue weighted by Gasteiger charge is 2.50. The summed E-state index contributed by atoms with van der Waals surface area (Å²) in [5.74, 6) is 0.231. The lowest BCUT2D eigenvalue weighted by molar-refractivity contribution is -0.113. The van der Waals surface area contributed by atoms with E-state index in [0.29, 0.717) is 0 Å². The predicted octanol–water partition coefficient (Wildman–Crippen LogP) is 4.62. The first-order valence-electron chi connectivity index (χ1n) is 10.7. The first kappa shape index (κ1) is 21.7. The number of benzene rings is 2. The fraction of sp³-hybridized carbons (Fsp3) is 0.520. The van der Waals surface area contributed by atoms with E-state index >= 15 is 0 Å². The molecule has 0 radical (unpaired) electrons. The summed E-state index contributed by atoms with van der Waals surface area (Å²) < 4.78 is 0. The average molecular weight is 396 g/mol. The Morgan fingerprint density at radius 1 is 0.759 bits per heavy atom. The number of aliphatic hydroxyl groups is 1. The summed E-state index contributed by atoms with van der Waals surface area (Å²) in [6, 6.07) is 17.6. The van der Waals surface area contributed by atoms with Crippen molar-refractivity contribution in [1.29, 1.82) is 0 Å². The molecule has 3 rings (SSSR count). The van der Waals surface area contributed by atoms with Gasteiger partial charge in [-0.15, -0.1) is 0 Å². The maximum atomic E-state index is 11.7. The van der Waals surface area contributed by atoms with E-state index in [2.05, 4.69) is 113 Å². The second-order valence-electron chi connectivity index (χ2n) is 9.02. The van der Waals surface area contributed by atoms with E-state index in [0.717, 1.165) is 6.42 Å². The zero-order valence-electron chi connectivity index (χ0n) is 19.0. The Labute approximate surface area is 176 Å². The maximum Gasteiger partial charge on any atom is 0.0732 e. The van der Waals surface area contributed by atoms with Gasteiger partial charge in [-0.25, -0.2) is 0 Å². The molecule has 1 saturated heterocycles. The summed E-state index contributed by atoms with van der Waals surface area (Å²) in [4.78, 5) is 4.22. The monoisotopic (exact) mass is 395 g/mol.